The van der Waals surface area contributed by atoms with Crippen molar-refractivity contribution in [2.24, 2.45) is 13.0 Å². The van der Waals surface area contributed by atoms with Crippen LogP contribution < -0.4 is 5.32 Å². The Balaban J connectivity index is 1.14. The van der Waals surface area contributed by atoms with E-state index in [4.69, 9.17) is 10.1 Å². The number of hydrogen-bond donors (Lipinski definition) is 1. The number of aromatic nitrogens is 3. The van der Waals surface area contributed by atoms with E-state index in [1.165, 1.54) is 17.5 Å². The van der Waals surface area contributed by atoms with Gasteiger partial charge in [0.25, 0.3) is 0 Å². The van der Waals surface area contributed by atoms with E-state index in [0.29, 0.717) is 5.92 Å². The van der Waals surface area contributed by atoms with Crippen molar-refractivity contribution >= 4 is 5.91 Å². The first-order valence-corrected chi connectivity index (χ1v) is 13.2. The standard InChI is InChI=1S/C29H37N5O/c1-33-28(31-27(32-33)21-22-9-4-2-5-10-22)24-15-18-34(19-16-24)20-17-26(23-11-6-3-7-12-23)30-29(35)25-13-8-14-25/h2-7,9-12,24-26H,8,13-21H2,1H3,(H,30,35)/t26-/m0/s1. The van der Waals surface area contributed by atoms with E-state index in [0.717, 1.165) is 69.8 Å². The van der Waals surface area contributed by atoms with Gasteiger partial charge in [-0.1, -0.05) is 67.1 Å². The minimum atomic E-state index is 0.0845. The summed E-state index contributed by atoms with van der Waals surface area (Å²) in [5, 5.41) is 8.05. The maximum Gasteiger partial charge on any atom is 0.223 e. The Labute approximate surface area is 208 Å². The summed E-state index contributed by atoms with van der Waals surface area (Å²) in [6.07, 6.45) is 7.18. The van der Waals surface area contributed by atoms with Crippen molar-refractivity contribution in [3.8, 4) is 0 Å². The van der Waals surface area contributed by atoms with Gasteiger partial charge in [0.15, 0.2) is 5.82 Å². The molecule has 1 aliphatic carbocycles. The predicted octanol–water partition coefficient (Wildman–Crippen LogP) is 4.63. The average Bonchev–Trinajstić information content (AvgIpc) is 3.22. The lowest BCUT2D eigenvalue weighted by atomic mass is 9.84. The van der Waals surface area contributed by atoms with Crippen molar-refractivity contribution in [1.29, 1.82) is 0 Å². The van der Waals surface area contributed by atoms with E-state index in [1.807, 2.05) is 23.9 Å². The summed E-state index contributed by atoms with van der Waals surface area (Å²) in [6, 6.07) is 21.0. The van der Waals surface area contributed by atoms with Crippen LogP contribution in [0.15, 0.2) is 60.7 Å². The fourth-order valence-electron chi connectivity index (χ4n) is 5.35. The van der Waals surface area contributed by atoms with Crippen LogP contribution in [0.4, 0.5) is 0 Å². The normalized spacial score (nSPS) is 18.2. The van der Waals surface area contributed by atoms with Gasteiger partial charge in [0.05, 0.1) is 6.04 Å². The fraction of sp³-hybridized carbons (Fsp3) is 0.483. The van der Waals surface area contributed by atoms with E-state index in [2.05, 4.69) is 58.7 Å². The third-order valence-corrected chi connectivity index (χ3v) is 7.73. The summed E-state index contributed by atoms with van der Waals surface area (Å²) >= 11 is 0. The zero-order valence-electron chi connectivity index (χ0n) is 20.8. The van der Waals surface area contributed by atoms with Gasteiger partial charge in [0.1, 0.15) is 5.82 Å². The molecule has 2 fully saturated rings. The number of likely N-dealkylation sites (tertiary alicyclic amines) is 1. The van der Waals surface area contributed by atoms with Gasteiger partial charge in [-0.05, 0) is 56.3 Å². The number of benzene rings is 2. The largest absolute Gasteiger partial charge is 0.349 e. The summed E-state index contributed by atoms with van der Waals surface area (Å²) in [4.78, 5) is 20.1. The summed E-state index contributed by atoms with van der Waals surface area (Å²) in [5.41, 5.74) is 2.46. The van der Waals surface area contributed by atoms with Gasteiger partial charge < -0.3 is 10.2 Å². The molecule has 2 aromatic carbocycles. The minimum absolute atomic E-state index is 0.0845. The number of nitrogens with one attached hydrogen (secondary N) is 1. The molecular weight excluding hydrogens is 434 g/mol. The molecule has 1 N–H and O–H groups in total. The van der Waals surface area contributed by atoms with E-state index >= 15 is 0 Å². The molecule has 1 aromatic heterocycles. The molecule has 2 heterocycles. The van der Waals surface area contributed by atoms with Crippen molar-refractivity contribution in [3.05, 3.63) is 83.4 Å². The highest BCUT2D eigenvalue weighted by molar-refractivity contribution is 5.79. The van der Waals surface area contributed by atoms with Crippen LogP contribution in [-0.2, 0) is 18.3 Å². The lowest BCUT2D eigenvalue weighted by molar-refractivity contribution is -0.128. The van der Waals surface area contributed by atoms with Gasteiger partial charge in [-0.3, -0.25) is 9.48 Å². The average molecular weight is 472 g/mol. The molecule has 1 amide bonds. The Morgan fingerprint density at radius 3 is 2.34 bits per heavy atom. The van der Waals surface area contributed by atoms with Crippen LogP contribution in [0.3, 0.4) is 0 Å². The first-order chi connectivity index (χ1) is 17.2. The number of amides is 1. The van der Waals surface area contributed by atoms with E-state index in [1.54, 1.807) is 0 Å². The van der Waals surface area contributed by atoms with Gasteiger partial charge >= 0.3 is 0 Å². The molecule has 0 unspecified atom stereocenters. The molecule has 6 nitrogen and oxygen atoms in total. The Morgan fingerprint density at radius 2 is 1.69 bits per heavy atom. The zero-order valence-corrected chi connectivity index (χ0v) is 20.8. The third-order valence-electron chi connectivity index (χ3n) is 7.73. The highest BCUT2D eigenvalue weighted by atomic mass is 16.2. The summed E-state index contributed by atoms with van der Waals surface area (Å²) < 4.78 is 1.99. The van der Waals surface area contributed by atoms with E-state index < -0.39 is 0 Å². The molecule has 1 saturated carbocycles. The Hall–Kier alpha value is -2.99. The lowest BCUT2D eigenvalue weighted by Crippen LogP contribution is -2.39. The number of piperidine rings is 1. The second-order valence-corrected chi connectivity index (χ2v) is 10.2. The van der Waals surface area contributed by atoms with Crippen LogP contribution in [-0.4, -0.2) is 45.2 Å². The molecule has 35 heavy (non-hydrogen) atoms. The number of nitrogens with zero attached hydrogens (tertiary/aromatic N) is 4. The molecule has 2 aliphatic rings. The maximum absolute atomic E-state index is 12.7. The fourth-order valence-corrected chi connectivity index (χ4v) is 5.35. The molecule has 0 spiro atoms. The molecule has 184 valence electrons. The second-order valence-electron chi connectivity index (χ2n) is 10.2. The van der Waals surface area contributed by atoms with E-state index in [-0.39, 0.29) is 17.9 Å². The summed E-state index contributed by atoms with van der Waals surface area (Å²) in [6.45, 7) is 3.11. The summed E-state index contributed by atoms with van der Waals surface area (Å²) in [5.74, 6) is 2.93. The first kappa shape index (κ1) is 23.7. The predicted molar refractivity (Wildman–Crippen MR) is 138 cm³/mol. The van der Waals surface area contributed by atoms with Crippen LogP contribution in [0.2, 0.25) is 0 Å². The molecule has 6 heteroatoms. The van der Waals surface area contributed by atoms with Crippen molar-refractivity contribution in [2.45, 2.75) is 56.9 Å². The second kappa shape index (κ2) is 11.2. The summed E-state index contributed by atoms with van der Waals surface area (Å²) in [7, 11) is 2.03. The SMILES string of the molecule is Cn1nc(Cc2ccccc2)nc1C1CCN(CC[C@H](NC(=O)C2CCC2)c2ccccc2)CC1. The van der Waals surface area contributed by atoms with Crippen molar-refractivity contribution in [1.82, 2.24) is 25.0 Å². The lowest BCUT2D eigenvalue weighted by Gasteiger charge is -2.33. The van der Waals surface area contributed by atoms with Gasteiger partial charge in [-0.2, -0.15) is 5.10 Å². The monoisotopic (exact) mass is 471 g/mol. The van der Waals surface area contributed by atoms with Crippen LogP contribution in [0.25, 0.3) is 0 Å². The third kappa shape index (κ3) is 5.99. The van der Waals surface area contributed by atoms with Crippen LogP contribution in [0, 0.1) is 5.92 Å². The number of rotatable bonds is 9. The molecule has 1 aliphatic heterocycles. The minimum Gasteiger partial charge on any atom is -0.349 e. The molecule has 5 rings (SSSR count). The molecular formula is C29H37N5O. The Bertz CT molecular complexity index is 1080. The topological polar surface area (TPSA) is 63.1 Å². The highest BCUT2D eigenvalue weighted by Crippen LogP contribution is 2.30. The van der Waals surface area contributed by atoms with Crippen LogP contribution in [0.1, 0.15) is 73.3 Å². The van der Waals surface area contributed by atoms with Gasteiger partial charge in [0, 0.05) is 31.8 Å². The number of carbonyl (C=O) groups excluding carboxylic acids is 1. The van der Waals surface area contributed by atoms with Crippen LogP contribution >= 0.6 is 0 Å². The molecule has 0 radical (unpaired) electrons. The van der Waals surface area contributed by atoms with Gasteiger partial charge in [-0.15, -0.1) is 0 Å². The molecule has 1 saturated heterocycles. The van der Waals surface area contributed by atoms with Gasteiger partial charge in [-0.25, -0.2) is 4.98 Å². The van der Waals surface area contributed by atoms with Crippen molar-refractivity contribution < 1.29 is 4.79 Å². The molecule has 1 atom stereocenters. The number of carbonyl (C=O) groups is 1. The molecule has 0 bridgehead atoms. The van der Waals surface area contributed by atoms with Gasteiger partial charge in [0.2, 0.25) is 5.91 Å². The number of hydrogen-bond acceptors (Lipinski definition) is 4. The smallest absolute Gasteiger partial charge is 0.223 e. The quantitative estimate of drug-likeness (QED) is 0.494. The molecule has 3 aromatic rings. The van der Waals surface area contributed by atoms with E-state index in [9.17, 15) is 4.79 Å². The number of aryl methyl sites for hydroxylation is 1. The highest BCUT2D eigenvalue weighted by Gasteiger charge is 2.29. The van der Waals surface area contributed by atoms with Crippen molar-refractivity contribution in [3.63, 3.8) is 0 Å². The van der Waals surface area contributed by atoms with Crippen molar-refractivity contribution in [2.75, 3.05) is 19.6 Å². The Kier molecular flexibility index (Phi) is 7.57. The first-order valence-electron chi connectivity index (χ1n) is 13.2. The zero-order chi connectivity index (χ0) is 24.0. The van der Waals surface area contributed by atoms with Crippen LogP contribution in [0.5, 0.6) is 0 Å². The Morgan fingerprint density at radius 1 is 1.00 bits per heavy atom. The maximum atomic E-state index is 12.7.